The van der Waals surface area contributed by atoms with Gasteiger partial charge in [0.05, 0.1) is 12.7 Å². The topological polar surface area (TPSA) is 41.3 Å². The average Bonchev–Trinajstić information content (AvgIpc) is 2.93. The molecule has 3 unspecified atom stereocenters. The van der Waals surface area contributed by atoms with Crippen LogP contribution in [0.2, 0.25) is 0 Å². The zero-order chi connectivity index (χ0) is 15.4. The number of aromatic nitrogens is 1. The van der Waals surface area contributed by atoms with Gasteiger partial charge in [-0.1, -0.05) is 41.0 Å². The summed E-state index contributed by atoms with van der Waals surface area (Å²) in [5.41, 5.74) is 0. The van der Waals surface area contributed by atoms with Gasteiger partial charge >= 0.3 is 0 Å². The lowest BCUT2D eigenvalue weighted by Gasteiger charge is -2.43. The van der Waals surface area contributed by atoms with Gasteiger partial charge in [-0.15, -0.1) is 0 Å². The molecule has 4 heteroatoms. The molecule has 0 aliphatic carbocycles. The second-order valence-electron chi connectivity index (χ2n) is 6.71. The molecule has 120 valence electrons. The molecule has 1 saturated heterocycles. The smallest absolute Gasteiger partial charge is 0.208 e. The number of hydrogen-bond donors (Lipinski definition) is 1. The van der Waals surface area contributed by atoms with Crippen molar-refractivity contribution in [3.05, 3.63) is 17.8 Å². The van der Waals surface area contributed by atoms with E-state index in [0.717, 1.165) is 37.7 Å². The summed E-state index contributed by atoms with van der Waals surface area (Å²) < 4.78 is 5.81. The first-order chi connectivity index (χ1) is 10.0. The van der Waals surface area contributed by atoms with Crippen LogP contribution >= 0.6 is 0 Å². The maximum absolute atomic E-state index is 5.81. The molecule has 2 heterocycles. The van der Waals surface area contributed by atoms with Gasteiger partial charge in [-0.05, 0) is 11.8 Å². The van der Waals surface area contributed by atoms with Crippen molar-refractivity contribution in [2.45, 2.75) is 66.1 Å². The van der Waals surface area contributed by atoms with Crippen LogP contribution < -0.4 is 5.32 Å². The molecular weight excluding hydrogens is 262 g/mol. The van der Waals surface area contributed by atoms with Gasteiger partial charge in [0, 0.05) is 31.6 Å². The largest absolute Gasteiger partial charge is 0.444 e. The summed E-state index contributed by atoms with van der Waals surface area (Å²) in [6.07, 6.45) is 4.00. The zero-order valence-corrected chi connectivity index (χ0v) is 14.2. The Hall–Kier alpha value is -0.870. The van der Waals surface area contributed by atoms with Crippen molar-refractivity contribution >= 4 is 0 Å². The number of hydrogen-bond acceptors (Lipinski definition) is 4. The van der Waals surface area contributed by atoms with Gasteiger partial charge in [0.1, 0.15) is 5.76 Å². The molecular formula is C17H31N3O. The maximum Gasteiger partial charge on any atom is 0.208 e. The molecule has 0 amide bonds. The highest BCUT2D eigenvalue weighted by molar-refractivity contribution is 4.96. The third kappa shape index (κ3) is 4.07. The van der Waals surface area contributed by atoms with E-state index in [1.54, 1.807) is 0 Å². The predicted octanol–water partition coefficient (Wildman–Crippen LogP) is 3.08. The van der Waals surface area contributed by atoms with Crippen LogP contribution in [0.1, 0.15) is 52.7 Å². The van der Waals surface area contributed by atoms with Crippen molar-refractivity contribution in [3.8, 4) is 0 Å². The number of oxazole rings is 1. The minimum atomic E-state index is 0.558. The summed E-state index contributed by atoms with van der Waals surface area (Å²) in [6, 6.07) is 1.13. The van der Waals surface area contributed by atoms with Crippen LogP contribution in [0.3, 0.4) is 0 Å². The first-order valence-electron chi connectivity index (χ1n) is 8.46. The highest BCUT2D eigenvalue weighted by Gasteiger charge is 2.32. The molecule has 21 heavy (non-hydrogen) atoms. The summed E-state index contributed by atoms with van der Waals surface area (Å²) in [6.45, 7) is 14.3. The molecule has 1 aliphatic heterocycles. The van der Waals surface area contributed by atoms with E-state index in [0.29, 0.717) is 23.9 Å². The molecule has 1 aliphatic rings. The zero-order valence-electron chi connectivity index (χ0n) is 14.2. The van der Waals surface area contributed by atoms with Crippen molar-refractivity contribution in [2.24, 2.45) is 11.8 Å². The van der Waals surface area contributed by atoms with Gasteiger partial charge < -0.3 is 9.73 Å². The standard InChI is InChI=1S/C17H31N3O/c1-6-13(5)15-10-20(16(9-18-15)12(3)4)11-17-19-8-14(7-2)21-17/h8,12-13,15-16,18H,6-7,9-11H2,1-5H3. The molecule has 4 nitrogen and oxygen atoms in total. The molecule has 2 rings (SSSR count). The van der Waals surface area contributed by atoms with Crippen LogP contribution in [0, 0.1) is 11.8 Å². The molecule has 1 aromatic heterocycles. The first kappa shape index (κ1) is 16.5. The van der Waals surface area contributed by atoms with Crippen molar-refractivity contribution in [2.75, 3.05) is 13.1 Å². The third-order valence-electron chi connectivity index (χ3n) is 4.88. The Kier molecular flexibility index (Phi) is 5.82. The number of nitrogens with zero attached hydrogens (tertiary/aromatic N) is 2. The van der Waals surface area contributed by atoms with Crippen LogP contribution in [0.5, 0.6) is 0 Å². The summed E-state index contributed by atoms with van der Waals surface area (Å²) in [5.74, 6) is 3.19. The van der Waals surface area contributed by atoms with E-state index < -0.39 is 0 Å². The van der Waals surface area contributed by atoms with Gasteiger partial charge in [0.15, 0.2) is 0 Å². The van der Waals surface area contributed by atoms with Gasteiger partial charge in [-0.2, -0.15) is 0 Å². The van der Waals surface area contributed by atoms with E-state index >= 15 is 0 Å². The van der Waals surface area contributed by atoms with E-state index in [2.05, 4.69) is 49.8 Å². The normalized spacial score (nSPS) is 25.4. The Balaban J connectivity index is 2.06. The molecule has 0 saturated carbocycles. The molecule has 3 atom stereocenters. The summed E-state index contributed by atoms with van der Waals surface area (Å²) in [7, 11) is 0. The average molecular weight is 293 g/mol. The van der Waals surface area contributed by atoms with Crippen molar-refractivity contribution in [1.29, 1.82) is 0 Å². The Morgan fingerprint density at radius 2 is 2.14 bits per heavy atom. The van der Waals surface area contributed by atoms with E-state index in [-0.39, 0.29) is 0 Å². The van der Waals surface area contributed by atoms with E-state index in [1.165, 1.54) is 6.42 Å². The van der Waals surface area contributed by atoms with Gasteiger partial charge in [0.2, 0.25) is 5.89 Å². The molecule has 0 radical (unpaired) electrons. The minimum absolute atomic E-state index is 0.558. The van der Waals surface area contributed by atoms with Crippen molar-refractivity contribution in [3.63, 3.8) is 0 Å². The quantitative estimate of drug-likeness (QED) is 0.875. The predicted molar refractivity (Wildman–Crippen MR) is 86.2 cm³/mol. The molecule has 0 bridgehead atoms. The summed E-state index contributed by atoms with van der Waals surface area (Å²) in [4.78, 5) is 7.00. The number of rotatable bonds is 6. The van der Waals surface area contributed by atoms with E-state index in [9.17, 15) is 0 Å². The number of piperazine rings is 1. The third-order valence-corrected chi connectivity index (χ3v) is 4.88. The highest BCUT2D eigenvalue weighted by atomic mass is 16.4. The minimum Gasteiger partial charge on any atom is -0.444 e. The lowest BCUT2D eigenvalue weighted by Crippen LogP contribution is -2.59. The second kappa shape index (κ2) is 7.41. The number of nitrogens with one attached hydrogen (secondary N) is 1. The monoisotopic (exact) mass is 293 g/mol. The van der Waals surface area contributed by atoms with Crippen LogP contribution in [0.4, 0.5) is 0 Å². The van der Waals surface area contributed by atoms with Gasteiger partial charge in [0.25, 0.3) is 0 Å². The van der Waals surface area contributed by atoms with Crippen LogP contribution in [-0.2, 0) is 13.0 Å². The first-order valence-corrected chi connectivity index (χ1v) is 8.46. The summed E-state index contributed by atoms with van der Waals surface area (Å²) >= 11 is 0. The lowest BCUT2D eigenvalue weighted by molar-refractivity contribution is 0.0674. The Morgan fingerprint density at radius 1 is 1.38 bits per heavy atom. The Morgan fingerprint density at radius 3 is 2.71 bits per heavy atom. The van der Waals surface area contributed by atoms with Crippen molar-refractivity contribution < 1.29 is 4.42 Å². The molecule has 1 fully saturated rings. The fourth-order valence-corrected chi connectivity index (χ4v) is 3.12. The van der Waals surface area contributed by atoms with E-state index in [4.69, 9.17) is 4.42 Å². The van der Waals surface area contributed by atoms with Crippen LogP contribution in [0.25, 0.3) is 0 Å². The van der Waals surface area contributed by atoms with Crippen LogP contribution in [0.15, 0.2) is 10.6 Å². The Bertz CT molecular complexity index is 429. The van der Waals surface area contributed by atoms with Crippen molar-refractivity contribution in [1.82, 2.24) is 15.2 Å². The lowest BCUT2D eigenvalue weighted by atomic mass is 9.92. The Labute approximate surface area is 129 Å². The number of aryl methyl sites for hydroxylation is 1. The summed E-state index contributed by atoms with van der Waals surface area (Å²) in [5, 5.41) is 3.74. The van der Waals surface area contributed by atoms with Gasteiger partial charge in [-0.3, -0.25) is 4.90 Å². The van der Waals surface area contributed by atoms with Gasteiger partial charge in [-0.25, -0.2) is 4.98 Å². The maximum atomic E-state index is 5.81. The second-order valence-corrected chi connectivity index (χ2v) is 6.71. The molecule has 1 N–H and O–H groups in total. The van der Waals surface area contributed by atoms with E-state index in [1.807, 2.05) is 6.20 Å². The fraction of sp³-hybridized carbons (Fsp3) is 0.824. The molecule has 0 aromatic carbocycles. The highest BCUT2D eigenvalue weighted by Crippen LogP contribution is 2.22. The SMILES string of the molecule is CCc1cnc(CN2CC(C(C)CC)NCC2C(C)C)o1. The molecule has 1 aromatic rings. The fourth-order valence-electron chi connectivity index (χ4n) is 3.12. The van der Waals surface area contributed by atoms with Crippen LogP contribution in [-0.4, -0.2) is 35.1 Å². The molecule has 0 spiro atoms.